The highest BCUT2D eigenvalue weighted by Crippen LogP contribution is 2.32. The van der Waals surface area contributed by atoms with Crippen molar-refractivity contribution in [1.29, 1.82) is 0 Å². The minimum atomic E-state index is 0.0410. The summed E-state index contributed by atoms with van der Waals surface area (Å²) in [6.45, 7) is 9.19. The van der Waals surface area contributed by atoms with Gasteiger partial charge in [-0.1, -0.05) is 20.8 Å². The number of hydrogen-bond acceptors (Lipinski definition) is 3. The Morgan fingerprint density at radius 1 is 1.45 bits per heavy atom. The molecule has 0 aromatic carbocycles. The topological polar surface area (TPSA) is 72.9 Å². The van der Waals surface area contributed by atoms with E-state index in [-0.39, 0.29) is 11.3 Å². The standard InChI is InChI=1S/C15H28N4O/c1-11-10-13(19(5)18-11)17-14(20)7-6-12(8-9-16)15(2,3)4/h10,12H,6-9,16H2,1-5H3,(H,17,20). The first-order valence-electron chi connectivity index (χ1n) is 7.24. The third kappa shape index (κ3) is 4.96. The summed E-state index contributed by atoms with van der Waals surface area (Å²) < 4.78 is 1.69. The molecule has 1 atom stereocenters. The highest BCUT2D eigenvalue weighted by atomic mass is 16.1. The summed E-state index contributed by atoms with van der Waals surface area (Å²) in [5, 5.41) is 7.12. The molecule has 0 bridgehead atoms. The van der Waals surface area contributed by atoms with E-state index in [1.165, 1.54) is 0 Å². The van der Waals surface area contributed by atoms with E-state index < -0.39 is 0 Å². The van der Waals surface area contributed by atoms with Gasteiger partial charge >= 0.3 is 0 Å². The van der Waals surface area contributed by atoms with Crippen LogP contribution in [0.5, 0.6) is 0 Å². The van der Waals surface area contributed by atoms with Crippen molar-refractivity contribution < 1.29 is 4.79 Å². The van der Waals surface area contributed by atoms with Gasteiger partial charge in [-0.05, 0) is 37.6 Å². The zero-order chi connectivity index (χ0) is 15.3. The number of amides is 1. The number of nitrogens with zero attached hydrogens (tertiary/aromatic N) is 2. The number of rotatable bonds is 6. The normalized spacial score (nSPS) is 13.3. The van der Waals surface area contributed by atoms with Crippen LogP contribution in [0.1, 0.15) is 45.7 Å². The molecule has 5 nitrogen and oxygen atoms in total. The molecule has 1 amide bonds. The highest BCUT2D eigenvalue weighted by molar-refractivity contribution is 5.89. The van der Waals surface area contributed by atoms with Crippen LogP contribution in [0.3, 0.4) is 0 Å². The van der Waals surface area contributed by atoms with Crippen molar-refractivity contribution in [3.8, 4) is 0 Å². The van der Waals surface area contributed by atoms with Crippen molar-refractivity contribution in [3.63, 3.8) is 0 Å². The van der Waals surface area contributed by atoms with Gasteiger partial charge in [-0.25, -0.2) is 0 Å². The van der Waals surface area contributed by atoms with Gasteiger partial charge in [0.1, 0.15) is 5.82 Å². The van der Waals surface area contributed by atoms with Gasteiger partial charge in [0, 0.05) is 19.5 Å². The van der Waals surface area contributed by atoms with E-state index in [2.05, 4.69) is 31.2 Å². The lowest BCUT2D eigenvalue weighted by Crippen LogP contribution is -2.25. The average Bonchev–Trinajstić information content (AvgIpc) is 2.61. The summed E-state index contributed by atoms with van der Waals surface area (Å²) in [5.41, 5.74) is 6.75. The molecule has 1 rings (SSSR count). The largest absolute Gasteiger partial charge is 0.330 e. The first-order chi connectivity index (χ1) is 9.24. The van der Waals surface area contributed by atoms with Crippen molar-refractivity contribution in [3.05, 3.63) is 11.8 Å². The summed E-state index contributed by atoms with van der Waals surface area (Å²) in [4.78, 5) is 12.0. The van der Waals surface area contributed by atoms with Crippen LogP contribution in [0, 0.1) is 18.3 Å². The van der Waals surface area contributed by atoms with Crippen LogP contribution in [0.25, 0.3) is 0 Å². The highest BCUT2D eigenvalue weighted by Gasteiger charge is 2.24. The molecule has 1 heterocycles. The third-order valence-corrected chi connectivity index (χ3v) is 3.73. The van der Waals surface area contributed by atoms with E-state index in [1.54, 1.807) is 4.68 Å². The Kier molecular flexibility index (Phi) is 5.74. The Bertz CT molecular complexity index is 445. The number of anilines is 1. The zero-order valence-electron chi connectivity index (χ0n) is 13.4. The Balaban J connectivity index is 2.52. The summed E-state index contributed by atoms with van der Waals surface area (Å²) in [5.74, 6) is 1.25. The third-order valence-electron chi connectivity index (χ3n) is 3.73. The van der Waals surface area contributed by atoms with Gasteiger partial charge < -0.3 is 11.1 Å². The van der Waals surface area contributed by atoms with Crippen LogP contribution in [-0.4, -0.2) is 22.2 Å². The molecule has 0 aliphatic heterocycles. The molecule has 1 aromatic rings. The summed E-state index contributed by atoms with van der Waals surface area (Å²) >= 11 is 0. The van der Waals surface area contributed by atoms with Crippen molar-refractivity contribution in [2.75, 3.05) is 11.9 Å². The molecule has 0 aliphatic rings. The number of hydrogen-bond donors (Lipinski definition) is 2. The smallest absolute Gasteiger partial charge is 0.225 e. The number of carbonyl (C=O) groups is 1. The Hall–Kier alpha value is -1.36. The van der Waals surface area contributed by atoms with E-state index in [1.807, 2.05) is 20.0 Å². The van der Waals surface area contributed by atoms with Gasteiger partial charge in [-0.15, -0.1) is 0 Å². The molecule has 0 fully saturated rings. The van der Waals surface area contributed by atoms with Crippen molar-refractivity contribution >= 4 is 11.7 Å². The predicted molar refractivity (Wildman–Crippen MR) is 82.4 cm³/mol. The predicted octanol–water partition coefficient (Wildman–Crippen LogP) is 2.46. The lowest BCUT2D eigenvalue weighted by molar-refractivity contribution is -0.116. The maximum absolute atomic E-state index is 12.0. The molecular weight excluding hydrogens is 252 g/mol. The van der Waals surface area contributed by atoms with Crippen molar-refractivity contribution in [1.82, 2.24) is 9.78 Å². The molecule has 0 saturated heterocycles. The van der Waals surface area contributed by atoms with Crippen LogP contribution in [0.2, 0.25) is 0 Å². The molecule has 0 saturated carbocycles. The number of nitrogens with one attached hydrogen (secondary N) is 1. The Morgan fingerprint density at radius 2 is 2.10 bits per heavy atom. The molecule has 0 radical (unpaired) electrons. The number of carbonyl (C=O) groups excluding carboxylic acids is 1. The van der Waals surface area contributed by atoms with Gasteiger partial charge in [0.2, 0.25) is 5.91 Å². The maximum atomic E-state index is 12.0. The van der Waals surface area contributed by atoms with Crippen molar-refractivity contribution in [2.45, 2.75) is 47.0 Å². The fraction of sp³-hybridized carbons (Fsp3) is 0.733. The lowest BCUT2D eigenvalue weighted by atomic mass is 9.76. The minimum absolute atomic E-state index is 0.0410. The van der Waals surface area contributed by atoms with Crippen LogP contribution in [0.15, 0.2) is 6.07 Å². The lowest BCUT2D eigenvalue weighted by Gasteiger charge is -2.30. The number of aromatic nitrogens is 2. The van der Waals surface area contributed by atoms with Crippen LogP contribution in [0.4, 0.5) is 5.82 Å². The second-order valence-corrected chi connectivity index (χ2v) is 6.52. The SMILES string of the molecule is Cc1cc(NC(=O)CCC(CCN)C(C)(C)C)n(C)n1. The summed E-state index contributed by atoms with van der Waals surface area (Å²) in [7, 11) is 1.83. The first-order valence-corrected chi connectivity index (χ1v) is 7.24. The minimum Gasteiger partial charge on any atom is -0.330 e. The second-order valence-electron chi connectivity index (χ2n) is 6.52. The molecule has 3 N–H and O–H groups in total. The van der Waals surface area contributed by atoms with Crippen LogP contribution < -0.4 is 11.1 Å². The van der Waals surface area contributed by atoms with E-state index in [4.69, 9.17) is 5.73 Å². The molecule has 5 heteroatoms. The maximum Gasteiger partial charge on any atom is 0.225 e. The van der Waals surface area contributed by atoms with Gasteiger partial charge in [0.15, 0.2) is 0 Å². The van der Waals surface area contributed by atoms with E-state index in [0.717, 1.165) is 24.4 Å². The molecular formula is C15H28N4O. The molecule has 1 unspecified atom stereocenters. The van der Waals surface area contributed by atoms with E-state index >= 15 is 0 Å². The molecule has 20 heavy (non-hydrogen) atoms. The quantitative estimate of drug-likeness (QED) is 0.840. The Morgan fingerprint density at radius 3 is 2.55 bits per heavy atom. The fourth-order valence-corrected chi connectivity index (χ4v) is 2.45. The fourth-order valence-electron chi connectivity index (χ4n) is 2.45. The Labute approximate surface area is 121 Å². The monoisotopic (exact) mass is 280 g/mol. The van der Waals surface area contributed by atoms with E-state index in [9.17, 15) is 4.79 Å². The van der Waals surface area contributed by atoms with Crippen LogP contribution in [-0.2, 0) is 11.8 Å². The zero-order valence-corrected chi connectivity index (χ0v) is 13.4. The number of aryl methyl sites for hydroxylation is 2. The average molecular weight is 280 g/mol. The first kappa shape index (κ1) is 16.7. The van der Waals surface area contributed by atoms with Gasteiger partial charge in [0.05, 0.1) is 5.69 Å². The molecule has 0 spiro atoms. The van der Waals surface area contributed by atoms with Crippen molar-refractivity contribution in [2.24, 2.45) is 24.1 Å². The van der Waals surface area contributed by atoms with Crippen LogP contribution >= 0.6 is 0 Å². The summed E-state index contributed by atoms with van der Waals surface area (Å²) in [6.07, 6.45) is 2.34. The number of nitrogens with two attached hydrogens (primary N) is 1. The summed E-state index contributed by atoms with van der Waals surface area (Å²) in [6, 6.07) is 1.87. The van der Waals surface area contributed by atoms with Gasteiger partial charge in [-0.3, -0.25) is 9.48 Å². The van der Waals surface area contributed by atoms with Gasteiger partial charge in [-0.2, -0.15) is 5.10 Å². The van der Waals surface area contributed by atoms with Gasteiger partial charge in [0.25, 0.3) is 0 Å². The molecule has 0 aliphatic carbocycles. The second kappa shape index (κ2) is 6.88. The van der Waals surface area contributed by atoms with E-state index in [0.29, 0.717) is 18.9 Å². The molecule has 114 valence electrons. The molecule has 1 aromatic heterocycles.